The molecule has 0 fully saturated rings. The molecule has 0 saturated carbocycles. The first-order valence-corrected chi connectivity index (χ1v) is 6.71. The van der Waals surface area contributed by atoms with Gasteiger partial charge in [0.05, 0.1) is 5.56 Å². The summed E-state index contributed by atoms with van der Waals surface area (Å²) in [7, 11) is 0. The van der Waals surface area contributed by atoms with Gasteiger partial charge in [0.25, 0.3) is 5.91 Å². The van der Waals surface area contributed by atoms with Crippen LogP contribution in [0.25, 0.3) is 10.9 Å². The number of aromatic nitrogens is 1. The van der Waals surface area contributed by atoms with Crippen molar-refractivity contribution >= 4 is 22.5 Å². The number of halogens is 1. The molecule has 112 valence electrons. The van der Waals surface area contributed by atoms with Gasteiger partial charge in [-0.3, -0.25) is 9.59 Å². The van der Waals surface area contributed by atoms with Gasteiger partial charge in [0.2, 0.25) is 5.43 Å². The highest BCUT2D eigenvalue weighted by Crippen LogP contribution is 2.15. The Balaban J connectivity index is 1.97. The van der Waals surface area contributed by atoms with Crippen molar-refractivity contribution in [1.82, 2.24) is 4.98 Å². The minimum absolute atomic E-state index is 0.0634. The minimum atomic E-state index is -0.672. The number of carbonyl (C=O) groups is 1. The van der Waals surface area contributed by atoms with E-state index in [0.717, 1.165) is 6.07 Å². The van der Waals surface area contributed by atoms with Gasteiger partial charge in [-0.05, 0) is 30.3 Å². The lowest BCUT2D eigenvalue weighted by molar-refractivity contribution is 0.102. The number of nitrogens with zero attached hydrogens (tertiary/aromatic N) is 1. The number of rotatable bonds is 2. The zero-order valence-corrected chi connectivity index (χ0v) is 11.8. The molecule has 0 aliphatic heterocycles. The molecule has 0 spiro atoms. The second-order valence-corrected chi connectivity index (χ2v) is 4.84. The van der Waals surface area contributed by atoms with Gasteiger partial charge >= 0.3 is 0 Å². The maximum absolute atomic E-state index is 13.3. The Bertz CT molecular complexity index is 1020. The molecule has 1 aromatic heterocycles. The van der Waals surface area contributed by atoms with E-state index in [1.165, 1.54) is 18.3 Å². The second-order valence-electron chi connectivity index (χ2n) is 4.84. The average molecular weight is 307 g/mol. The third-order valence-electron chi connectivity index (χ3n) is 3.38. The number of amides is 1. The average Bonchev–Trinajstić information content (AvgIpc) is 2.57. The standard InChI is InChI=1S/C17H10FN3O2/c18-14-6-5-11(7-10(14)8-19)21-17(23)13-9-20-15-4-2-1-3-12(15)16(13)22/h1-7,9H,(H,20,22)(H,21,23). The molecule has 0 aliphatic carbocycles. The van der Waals surface area contributed by atoms with Crippen molar-refractivity contribution in [2.45, 2.75) is 0 Å². The molecule has 0 bridgehead atoms. The van der Waals surface area contributed by atoms with Gasteiger partial charge in [0.1, 0.15) is 17.4 Å². The predicted octanol–water partition coefficient (Wildman–Crippen LogP) is 2.79. The number of fused-ring (bicyclic) bond motifs is 1. The Labute approximate surface area is 130 Å². The van der Waals surface area contributed by atoms with Gasteiger partial charge in [-0.25, -0.2) is 4.39 Å². The third-order valence-corrected chi connectivity index (χ3v) is 3.38. The largest absolute Gasteiger partial charge is 0.360 e. The Morgan fingerprint density at radius 3 is 2.78 bits per heavy atom. The van der Waals surface area contributed by atoms with E-state index in [9.17, 15) is 14.0 Å². The van der Waals surface area contributed by atoms with Crippen LogP contribution in [0.1, 0.15) is 15.9 Å². The van der Waals surface area contributed by atoms with E-state index in [-0.39, 0.29) is 16.8 Å². The number of H-pyrrole nitrogens is 1. The van der Waals surface area contributed by atoms with Gasteiger partial charge in [0.15, 0.2) is 0 Å². The highest BCUT2D eigenvalue weighted by molar-refractivity contribution is 6.05. The number of hydrogen-bond acceptors (Lipinski definition) is 3. The highest BCUT2D eigenvalue weighted by atomic mass is 19.1. The summed E-state index contributed by atoms with van der Waals surface area (Å²) in [5, 5.41) is 11.7. The molecule has 0 atom stereocenters. The molecule has 0 radical (unpaired) electrons. The smallest absolute Gasteiger partial charge is 0.261 e. The number of benzene rings is 2. The molecule has 0 unspecified atom stereocenters. The fraction of sp³-hybridized carbons (Fsp3) is 0. The normalized spacial score (nSPS) is 10.3. The topological polar surface area (TPSA) is 85.8 Å². The van der Waals surface area contributed by atoms with Crippen molar-refractivity contribution in [3.05, 3.63) is 75.8 Å². The van der Waals surface area contributed by atoms with Crippen LogP contribution in [0.4, 0.5) is 10.1 Å². The maximum atomic E-state index is 13.3. The summed E-state index contributed by atoms with van der Waals surface area (Å²) in [6.45, 7) is 0. The van der Waals surface area contributed by atoms with E-state index in [1.54, 1.807) is 30.3 Å². The number of aromatic amines is 1. The van der Waals surface area contributed by atoms with Gasteiger partial charge < -0.3 is 10.3 Å². The van der Waals surface area contributed by atoms with Crippen LogP contribution >= 0.6 is 0 Å². The molecule has 3 aromatic rings. The SMILES string of the molecule is N#Cc1cc(NC(=O)c2c[nH]c3ccccc3c2=O)ccc1F. The number of nitriles is 1. The Morgan fingerprint density at radius 1 is 1.22 bits per heavy atom. The van der Waals surface area contributed by atoms with Crippen LogP contribution in [-0.4, -0.2) is 10.9 Å². The number of para-hydroxylation sites is 1. The first-order valence-electron chi connectivity index (χ1n) is 6.71. The van der Waals surface area contributed by atoms with Crippen LogP contribution in [0.3, 0.4) is 0 Å². The van der Waals surface area contributed by atoms with E-state index >= 15 is 0 Å². The van der Waals surface area contributed by atoms with Gasteiger partial charge in [-0.2, -0.15) is 5.26 Å². The number of anilines is 1. The Hall–Kier alpha value is -3.46. The summed E-state index contributed by atoms with van der Waals surface area (Å²) in [5.41, 5.74) is 0.212. The molecule has 2 N–H and O–H groups in total. The van der Waals surface area contributed by atoms with Crippen molar-refractivity contribution in [1.29, 1.82) is 5.26 Å². The summed E-state index contributed by atoms with van der Waals surface area (Å²) in [4.78, 5) is 27.5. The molecule has 0 aliphatic rings. The van der Waals surface area contributed by atoms with Crippen LogP contribution in [0, 0.1) is 17.1 Å². The van der Waals surface area contributed by atoms with Crippen molar-refractivity contribution in [2.75, 3.05) is 5.32 Å². The first kappa shape index (κ1) is 14.5. The Kier molecular flexibility index (Phi) is 3.61. The monoisotopic (exact) mass is 307 g/mol. The summed E-state index contributed by atoms with van der Waals surface area (Å²) in [6.07, 6.45) is 1.33. The van der Waals surface area contributed by atoms with Crippen LogP contribution < -0.4 is 10.7 Å². The van der Waals surface area contributed by atoms with Crippen molar-refractivity contribution in [2.24, 2.45) is 0 Å². The summed E-state index contributed by atoms with van der Waals surface area (Å²) in [5.74, 6) is -1.30. The van der Waals surface area contributed by atoms with Crippen molar-refractivity contribution in [3.63, 3.8) is 0 Å². The van der Waals surface area contributed by atoms with Crippen molar-refractivity contribution < 1.29 is 9.18 Å². The van der Waals surface area contributed by atoms with E-state index in [2.05, 4.69) is 10.3 Å². The number of hydrogen-bond donors (Lipinski definition) is 2. The summed E-state index contributed by atoms with van der Waals surface area (Å²) < 4.78 is 13.3. The molecule has 23 heavy (non-hydrogen) atoms. The maximum Gasteiger partial charge on any atom is 0.261 e. The van der Waals surface area contributed by atoms with Gasteiger partial charge in [0, 0.05) is 22.8 Å². The van der Waals surface area contributed by atoms with Gasteiger partial charge in [-0.1, -0.05) is 12.1 Å². The first-order chi connectivity index (χ1) is 11.1. The third kappa shape index (κ3) is 2.68. The Morgan fingerprint density at radius 2 is 2.00 bits per heavy atom. The quantitative estimate of drug-likeness (QED) is 0.763. The van der Waals surface area contributed by atoms with E-state index < -0.39 is 17.2 Å². The summed E-state index contributed by atoms with van der Waals surface area (Å²) >= 11 is 0. The van der Waals surface area contributed by atoms with E-state index in [1.807, 2.05) is 0 Å². The highest BCUT2D eigenvalue weighted by Gasteiger charge is 2.13. The van der Waals surface area contributed by atoms with E-state index in [4.69, 9.17) is 5.26 Å². The molecule has 1 amide bonds. The summed E-state index contributed by atoms with van der Waals surface area (Å²) in [6, 6.07) is 12.1. The molecule has 5 nitrogen and oxygen atoms in total. The van der Waals surface area contributed by atoms with Crippen molar-refractivity contribution in [3.8, 4) is 6.07 Å². The molecule has 6 heteroatoms. The van der Waals surface area contributed by atoms with Crippen LogP contribution in [-0.2, 0) is 0 Å². The fourth-order valence-electron chi connectivity index (χ4n) is 2.22. The lowest BCUT2D eigenvalue weighted by Crippen LogP contribution is -2.22. The van der Waals surface area contributed by atoms with Crippen LogP contribution in [0.5, 0.6) is 0 Å². The molecule has 0 saturated heterocycles. The van der Waals surface area contributed by atoms with Gasteiger partial charge in [-0.15, -0.1) is 0 Å². The number of carbonyl (C=O) groups excluding carboxylic acids is 1. The molecular weight excluding hydrogens is 297 g/mol. The lowest BCUT2D eigenvalue weighted by atomic mass is 10.1. The predicted molar refractivity (Wildman–Crippen MR) is 83.6 cm³/mol. The minimum Gasteiger partial charge on any atom is -0.360 e. The second kappa shape index (κ2) is 5.73. The zero-order valence-electron chi connectivity index (χ0n) is 11.8. The van der Waals surface area contributed by atoms with Crippen LogP contribution in [0.2, 0.25) is 0 Å². The lowest BCUT2D eigenvalue weighted by Gasteiger charge is -2.06. The molecule has 2 aromatic carbocycles. The zero-order chi connectivity index (χ0) is 16.4. The molecule has 1 heterocycles. The number of pyridine rings is 1. The molecule has 3 rings (SSSR count). The molecular formula is C17H10FN3O2. The van der Waals surface area contributed by atoms with Crippen LogP contribution in [0.15, 0.2) is 53.5 Å². The number of nitrogens with one attached hydrogen (secondary N) is 2. The fourth-order valence-corrected chi connectivity index (χ4v) is 2.22. The van der Waals surface area contributed by atoms with E-state index in [0.29, 0.717) is 10.9 Å².